The van der Waals surface area contributed by atoms with Gasteiger partial charge in [-0.3, -0.25) is 4.79 Å². The highest BCUT2D eigenvalue weighted by molar-refractivity contribution is 5.78. The third-order valence-electron chi connectivity index (χ3n) is 1.81. The molecule has 52 valence electrons. The molecule has 0 aromatic carbocycles. The van der Waals surface area contributed by atoms with Crippen molar-refractivity contribution < 1.29 is 9.18 Å². The van der Waals surface area contributed by atoms with E-state index < -0.39 is 6.67 Å². The predicted octanol–water partition coefficient (Wildman–Crippen LogP) is 0.577. The molecular weight excluding hydrogens is 121 g/mol. The number of nitrogens with zero attached hydrogens (tertiary/aromatic N) is 1. The number of rotatable bonds is 1. The van der Waals surface area contributed by atoms with Gasteiger partial charge in [0.15, 0.2) is 0 Å². The summed E-state index contributed by atoms with van der Waals surface area (Å²) in [6.07, 6.45) is 1.21. The summed E-state index contributed by atoms with van der Waals surface area (Å²) in [5.74, 6) is 0.0673. The van der Waals surface area contributed by atoms with Gasteiger partial charge >= 0.3 is 0 Å². The average molecular weight is 131 g/mol. The Kier molecular flexibility index (Phi) is 1.69. The van der Waals surface area contributed by atoms with Crippen LogP contribution >= 0.6 is 0 Å². The van der Waals surface area contributed by atoms with Crippen molar-refractivity contribution >= 4 is 5.91 Å². The molecule has 1 amide bonds. The van der Waals surface area contributed by atoms with Crippen molar-refractivity contribution in [2.75, 3.05) is 13.7 Å². The SMILES string of the molecule is CN1C(=O)CCC1CF. The molecule has 1 aliphatic heterocycles. The van der Waals surface area contributed by atoms with Crippen LogP contribution in [-0.2, 0) is 4.79 Å². The van der Waals surface area contributed by atoms with Gasteiger partial charge in [-0.05, 0) is 6.42 Å². The minimum absolute atomic E-state index is 0.0673. The highest BCUT2D eigenvalue weighted by Gasteiger charge is 2.26. The highest BCUT2D eigenvalue weighted by Crippen LogP contribution is 2.15. The Hall–Kier alpha value is -0.600. The summed E-state index contributed by atoms with van der Waals surface area (Å²) < 4.78 is 11.9. The molecule has 0 aliphatic carbocycles. The van der Waals surface area contributed by atoms with E-state index in [0.29, 0.717) is 12.8 Å². The van der Waals surface area contributed by atoms with Gasteiger partial charge in [-0.25, -0.2) is 4.39 Å². The molecule has 0 spiro atoms. The lowest BCUT2D eigenvalue weighted by Crippen LogP contribution is -2.29. The number of halogens is 1. The van der Waals surface area contributed by atoms with Crippen LogP contribution in [0, 0.1) is 0 Å². The van der Waals surface area contributed by atoms with Crippen molar-refractivity contribution in [1.82, 2.24) is 4.90 Å². The Morgan fingerprint density at radius 1 is 1.89 bits per heavy atom. The van der Waals surface area contributed by atoms with Gasteiger partial charge < -0.3 is 4.90 Å². The van der Waals surface area contributed by atoms with E-state index in [0.717, 1.165) is 0 Å². The lowest BCUT2D eigenvalue weighted by atomic mass is 10.2. The van der Waals surface area contributed by atoms with E-state index in [4.69, 9.17) is 0 Å². The zero-order chi connectivity index (χ0) is 6.85. The van der Waals surface area contributed by atoms with E-state index in [1.807, 2.05) is 0 Å². The maximum absolute atomic E-state index is 11.9. The van der Waals surface area contributed by atoms with Crippen LogP contribution in [0.1, 0.15) is 12.8 Å². The van der Waals surface area contributed by atoms with Crippen LogP contribution in [0.15, 0.2) is 0 Å². The second-order valence-electron chi connectivity index (χ2n) is 2.35. The van der Waals surface area contributed by atoms with Crippen LogP contribution in [0.2, 0.25) is 0 Å². The lowest BCUT2D eigenvalue weighted by molar-refractivity contribution is -0.127. The zero-order valence-corrected chi connectivity index (χ0v) is 5.43. The topological polar surface area (TPSA) is 20.3 Å². The van der Waals surface area contributed by atoms with Crippen LogP contribution in [0.3, 0.4) is 0 Å². The fraction of sp³-hybridized carbons (Fsp3) is 0.833. The Morgan fingerprint density at radius 2 is 2.56 bits per heavy atom. The first-order chi connectivity index (χ1) is 4.25. The summed E-state index contributed by atoms with van der Waals surface area (Å²) >= 11 is 0. The van der Waals surface area contributed by atoms with Gasteiger partial charge in [0.05, 0.1) is 6.04 Å². The number of amides is 1. The number of hydrogen-bond donors (Lipinski definition) is 0. The average Bonchev–Trinajstić information content (AvgIpc) is 2.15. The van der Waals surface area contributed by atoms with Crippen molar-refractivity contribution in [3.63, 3.8) is 0 Å². The van der Waals surface area contributed by atoms with Crippen molar-refractivity contribution in [2.24, 2.45) is 0 Å². The number of likely N-dealkylation sites (tertiary alicyclic amines) is 1. The fourth-order valence-corrected chi connectivity index (χ4v) is 1.04. The van der Waals surface area contributed by atoms with Crippen LogP contribution in [0.25, 0.3) is 0 Å². The molecule has 3 heteroatoms. The number of alkyl halides is 1. The minimum Gasteiger partial charge on any atom is -0.340 e. The maximum atomic E-state index is 11.9. The fourth-order valence-electron chi connectivity index (χ4n) is 1.04. The van der Waals surface area contributed by atoms with Gasteiger partial charge in [-0.2, -0.15) is 0 Å². The highest BCUT2D eigenvalue weighted by atomic mass is 19.1. The number of hydrogen-bond acceptors (Lipinski definition) is 1. The molecular formula is C6H10FNO. The molecule has 0 N–H and O–H groups in total. The first-order valence-corrected chi connectivity index (χ1v) is 3.07. The van der Waals surface area contributed by atoms with Crippen LogP contribution in [0.5, 0.6) is 0 Å². The number of carbonyl (C=O) groups excluding carboxylic acids is 1. The molecule has 0 bridgehead atoms. The maximum Gasteiger partial charge on any atom is 0.222 e. The van der Waals surface area contributed by atoms with E-state index in [1.165, 1.54) is 4.90 Å². The quantitative estimate of drug-likeness (QED) is 0.509. The largest absolute Gasteiger partial charge is 0.340 e. The van der Waals surface area contributed by atoms with E-state index >= 15 is 0 Å². The predicted molar refractivity (Wildman–Crippen MR) is 31.8 cm³/mol. The van der Waals surface area contributed by atoms with Gasteiger partial charge in [0.2, 0.25) is 5.91 Å². The second-order valence-corrected chi connectivity index (χ2v) is 2.35. The van der Waals surface area contributed by atoms with Crippen molar-refractivity contribution in [3.8, 4) is 0 Å². The summed E-state index contributed by atoms with van der Waals surface area (Å²) in [5, 5.41) is 0. The molecule has 2 nitrogen and oxygen atoms in total. The van der Waals surface area contributed by atoms with Crippen molar-refractivity contribution in [3.05, 3.63) is 0 Å². The molecule has 1 aliphatic rings. The molecule has 0 saturated carbocycles. The second kappa shape index (κ2) is 2.33. The molecule has 1 atom stereocenters. The summed E-state index contributed by atoms with van der Waals surface area (Å²) in [6, 6.07) is -0.141. The van der Waals surface area contributed by atoms with Crippen molar-refractivity contribution in [2.45, 2.75) is 18.9 Å². The molecule has 1 heterocycles. The van der Waals surface area contributed by atoms with Crippen LogP contribution in [-0.4, -0.2) is 30.6 Å². The monoisotopic (exact) mass is 131 g/mol. The Labute approximate surface area is 53.6 Å². The van der Waals surface area contributed by atoms with E-state index in [1.54, 1.807) is 7.05 Å². The number of carbonyl (C=O) groups is 1. The third kappa shape index (κ3) is 1.04. The van der Waals surface area contributed by atoms with Gasteiger partial charge in [-0.15, -0.1) is 0 Å². The Balaban J connectivity index is 2.51. The molecule has 0 aromatic heterocycles. The van der Waals surface area contributed by atoms with Crippen LogP contribution < -0.4 is 0 Å². The minimum atomic E-state index is -0.401. The molecule has 0 radical (unpaired) electrons. The summed E-state index contributed by atoms with van der Waals surface area (Å²) in [5.41, 5.74) is 0. The van der Waals surface area contributed by atoms with E-state index in [9.17, 15) is 9.18 Å². The van der Waals surface area contributed by atoms with Gasteiger partial charge in [0, 0.05) is 13.5 Å². The molecule has 9 heavy (non-hydrogen) atoms. The Bertz CT molecular complexity index is 126. The van der Waals surface area contributed by atoms with E-state index in [-0.39, 0.29) is 11.9 Å². The third-order valence-corrected chi connectivity index (χ3v) is 1.81. The first kappa shape index (κ1) is 6.52. The molecule has 1 fully saturated rings. The molecule has 0 aromatic rings. The summed E-state index contributed by atoms with van der Waals surface area (Å²) in [4.78, 5) is 12.2. The van der Waals surface area contributed by atoms with Gasteiger partial charge in [-0.1, -0.05) is 0 Å². The molecule has 1 saturated heterocycles. The zero-order valence-electron chi connectivity index (χ0n) is 5.43. The summed E-state index contributed by atoms with van der Waals surface area (Å²) in [6.45, 7) is -0.401. The van der Waals surface area contributed by atoms with E-state index in [2.05, 4.69) is 0 Å². The van der Waals surface area contributed by atoms with Gasteiger partial charge in [0.25, 0.3) is 0 Å². The molecule has 1 rings (SSSR count). The van der Waals surface area contributed by atoms with Crippen molar-refractivity contribution in [1.29, 1.82) is 0 Å². The van der Waals surface area contributed by atoms with Gasteiger partial charge in [0.1, 0.15) is 6.67 Å². The molecule has 1 unspecified atom stereocenters. The smallest absolute Gasteiger partial charge is 0.222 e. The first-order valence-electron chi connectivity index (χ1n) is 3.07. The summed E-state index contributed by atoms with van der Waals surface area (Å²) in [7, 11) is 1.65. The van der Waals surface area contributed by atoms with Crippen LogP contribution in [0.4, 0.5) is 4.39 Å². The Morgan fingerprint density at radius 3 is 2.78 bits per heavy atom. The standard InChI is InChI=1S/C6H10FNO/c1-8-5(4-7)2-3-6(8)9/h5H,2-4H2,1H3. The lowest BCUT2D eigenvalue weighted by Gasteiger charge is -2.15. The normalized spacial score (nSPS) is 27.6.